The number of nitrogens with two attached hydrogens (primary N) is 1. The summed E-state index contributed by atoms with van der Waals surface area (Å²) in [7, 11) is 0. The first kappa shape index (κ1) is 17.5. The van der Waals surface area contributed by atoms with Gasteiger partial charge < -0.3 is 10.8 Å². The first-order valence-corrected chi connectivity index (χ1v) is 8.24. The molecule has 0 saturated heterocycles. The Hall–Kier alpha value is -0.510. The van der Waals surface area contributed by atoms with E-state index in [1.807, 2.05) is 18.2 Å². The van der Waals surface area contributed by atoms with E-state index in [-0.39, 0.29) is 10.8 Å². The molecule has 0 heterocycles. The molecule has 0 saturated carbocycles. The van der Waals surface area contributed by atoms with Gasteiger partial charge in [0.25, 0.3) is 0 Å². The molecular weight excluding hydrogens is 266 g/mol. The second-order valence-corrected chi connectivity index (χ2v) is 8.69. The highest BCUT2D eigenvalue weighted by Gasteiger charge is 2.22. The van der Waals surface area contributed by atoms with E-state index in [1.54, 1.807) is 11.8 Å². The van der Waals surface area contributed by atoms with Gasteiger partial charge in [-0.2, -0.15) is 0 Å². The lowest BCUT2D eigenvalue weighted by atomic mass is 9.96. The minimum Gasteiger partial charge on any atom is -0.391 e. The molecule has 114 valence electrons. The minimum atomic E-state index is -0.473. The summed E-state index contributed by atoms with van der Waals surface area (Å²) in [4.78, 5) is 1.18. The molecule has 0 spiro atoms. The van der Waals surface area contributed by atoms with Crippen LogP contribution in [-0.4, -0.2) is 16.0 Å². The third-order valence-corrected chi connectivity index (χ3v) is 4.35. The molecule has 0 aliphatic heterocycles. The molecule has 0 aliphatic carbocycles. The fourth-order valence-corrected chi connectivity index (χ4v) is 3.20. The molecule has 0 bridgehead atoms. The van der Waals surface area contributed by atoms with Crippen molar-refractivity contribution in [3.63, 3.8) is 0 Å². The van der Waals surface area contributed by atoms with Crippen LogP contribution in [0.3, 0.4) is 0 Å². The zero-order valence-electron chi connectivity index (χ0n) is 13.4. The Morgan fingerprint density at radius 3 is 2.30 bits per heavy atom. The van der Waals surface area contributed by atoms with E-state index in [0.29, 0.717) is 5.92 Å². The Kier molecular flexibility index (Phi) is 6.56. The predicted molar refractivity (Wildman–Crippen MR) is 89.1 cm³/mol. The standard InChI is InChI=1S/C17H29NOS/c1-12(2)10-11-14(19)16(18)13-8-6-7-9-15(13)20-17(3,4)5/h6-9,12,14,16,19H,10-11,18H2,1-5H3/t14-,16+/m1/s1. The van der Waals surface area contributed by atoms with Crippen molar-refractivity contribution >= 4 is 11.8 Å². The quantitative estimate of drug-likeness (QED) is 0.766. The smallest absolute Gasteiger partial charge is 0.0733 e. The van der Waals surface area contributed by atoms with Gasteiger partial charge in [0.05, 0.1) is 12.1 Å². The van der Waals surface area contributed by atoms with Crippen LogP contribution in [0.2, 0.25) is 0 Å². The molecule has 1 rings (SSSR count). The van der Waals surface area contributed by atoms with Crippen LogP contribution in [0.15, 0.2) is 29.2 Å². The lowest BCUT2D eigenvalue weighted by molar-refractivity contribution is 0.127. The molecule has 3 N–H and O–H groups in total. The average molecular weight is 295 g/mol. The summed E-state index contributed by atoms with van der Waals surface area (Å²) in [6.45, 7) is 10.9. The molecule has 20 heavy (non-hydrogen) atoms. The van der Waals surface area contributed by atoms with Crippen molar-refractivity contribution < 1.29 is 5.11 Å². The maximum atomic E-state index is 10.3. The zero-order valence-corrected chi connectivity index (χ0v) is 14.2. The van der Waals surface area contributed by atoms with E-state index < -0.39 is 6.10 Å². The summed E-state index contributed by atoms with van der Waals surface area (Å²) in [5.74, 6) is 0.594. The lowest BCUT2D eigenvalue weighted by Gasteiger charge is -2.25. The summed E-state index contributed by atoms with van der Waals surface area (Å²) in [5.41, 5.74) is 7.34. The highest BCUT2D eigenvalue weighted by Crippen LogP contribution is 2.36. The number of hydrogen-bond acceptors (Lipinski definition) is 3. The number of thioether (sulfide) groups is 1. The van der Waals surface area contributed by atoms with Crippen LogP contribution < -0.4 is 5.73 Å². The van der Waals surface area contributed by atoms with E-state index in [2.05, 4.69) is 40.7 Å². The number of hydrogen-bond donors (Lipinski definition) is 2. The van der Waals surface area contributed by atoms with Gasteiger partial charge >= 0.3 is 0 Å². The molecule has 2 nitrogen and oxygen atoms in total. The minimum absolute atomic E-state index is 0.138. The van der Waals surface area contributed by atoms with Crippen molar-refractivity contribution in [2.45, 2.75) is 69.2 Å². The molecule has 0 amide bonds. The maximum Gasteiger partial charge on any atom is 0.0733 e. The zero-order chi connectivity index (χ0) is 15.3. The molecule has 0 aliphatic rings. The summed E-state index contributed by atoms with van der Waals surface area (Å²) < 4.78 is 0.138. The summed E-state index contributed by atoms with van der Waals surface area (Å²) in [6, 6.07) is 7.86. The average Bonchev–Trinajstić information content (AvgIpc) is 2.33. The van der Waals surface area contributed by atoms with Gasteiger partial charge in [-0.3, -0.25) is 0 Å². The monoisotopic (exact) mass is 295 g/mol. The van der Waals surface area contributed by atoms with Crippen LogP contribution in [-0.2, 0) is 0 Å². The predicted octanol–water partition coefficient (Wildman–Crippen LogP) is 4.37. The summed E-state index contributed by atoms with van der Waals surface area (Å²) >= 11 is 1.81. The number of aliphatic hydroxyl groups is 1. The van der Waals surface area contributed by atoms with Crippen LogP contribution in [0.1, 0.15) is 59.1 Å². The van der Waals surface area contributed by atoms with Gasteiger partial charge in [0.1, 0.15) is 0 Å². The van der Waals surface area contributed by atoms with E-state index >= 15 is 0 Å². The Morgan fingerprint density at radius 1 is 1.15 bits per heavy atom. The molecule has 1 aromatic rings. The maximum absolute atomic E-state index is 10.3. The molecule has 1 aromatic carbocycles. The largest absolute Gasteiger partial charge is 0.391 e. The Bertz CT molecular complexity index is 412. The first-order valence-electron chi connectivity index (χ1n) is 7.42. The Balaban J connectivity index is 2.84. The SMILES string of the molecule is CC(C)CC[C@@H](O)[C@@H](N)c1ccccc1SC(C)(C)C. The van der Waals surface area contributed by atoms with Crippen molar-refractivity contribution in [2.75, 3.05) is 0 Å². The second kappa shape index (κ2) is 7.48. The van der Waals surface area contributed by atoms with Crippen LogP contribution in [0.5, 0.6) is 0 Å². The van der Waals surface area contributed by atoms with E-state index in [9.17, 15) is 5.11 Å². The number of benzene rings is 1. The number of aliphatic hydroxyl groups excluding tert-OH is 1. The van der Waals surface area contributed by atoms with Crippen molar-refractivity contribution in [2.24, 2.45) is 11.7 Å². The van der Waals surface area contributed by atoms with Gasteiger partial charge in [0.2, 0.25) is 0 Å². The van der Waals surface area contributed by atoms with Gasteiger partial charge in [-0.05, 0) is 30.4 Å². The molecule has 0 aromatic heterocycles. The van der Waals surface area contributed by atoms with Crippen LogP contribution >= 0.6 is 11.8 Å². The van der Waals surface area contributed by atoms with Crippen molar-refractivity contribution in [1.29, 1.82) is 0 Å². The molecule has 0 fully saturated rings. The normalized spacial score (nSPS) is 15.4. The van der Waals surface area contributed by atoms with Crippen LogP contribution in [0.4, 0.5) is 0 Å². The van der Waals surface area contributed by atoms with Crippen molar-refractivity contribution in [3.05, 3.63) is 29.8 Å². The molecule has 0 unspecified atom stereocenters. The van der Waals surface area contributed by atoms with E-state index in [1.165, 1.54) is 4.90 Å². The Labute approximate surface area is 128 Å². The van der Waals surface area contributed by atoms with Gasteiger partial charge in [0.15, 0.2) is 0 Å². The lowest BCUT2D eigenvalue weighted by Crippen LogP contribution is -2.27. The summed E-state index contributed by atoms with van der Waals surface area (Å²) in [5, 5.41) is 10.3. The molecule has 0 radical (unpaired) electrons. The third kappa shape index (κ3) is 5.86. The Morgan fingerprint density at radius 2 is 1.75 bits per heavy atom. The van der Waals surface area contributed by atoms with Gasteiger partial charge in [0, 0.05) is 9.64 Å². The van der Waals surface area contributed by atoms with E-state index in [4.69, 9.17) is 5.73 Å². The molecule has 2 atom stereocenters. The fraction of sp³-hybridized carbons (Fsp3) is 0.647. The topological polar surface area (TPSA) is 46.2 Å². The second-order valence-electron chi connectivity index (χ2n) is 6.82. The van der Waals surface area contributed by atoms with Crippen LogP contribution in [0, 0.1) is 5.92 Å². The molecular formula is C17H29NOS. The van der Waals surface area contributed by atoms with Gasteiger partial charge in [-0.15, -0.1) is 11.8 Å². The first-order chi connectivity index (χ1) is 9.20. The van der Waals surface area contributed by atoms with E-state index in [0.717, 1.165) is 18.4 Å². The summed E-state index contributed by atoms with van der Waals surface area (Å²) in [6.07, 6.45) is 1.29. The van der Waals surface area contributed by atoms with Crippen molar-refractivity contribution in [3.8, 4) is 0 Å². The number of rotatable bonds is 6. The fourth-order valence-electron chi connectivity index (χ4n) is 2.07. The van der Waals surface area contributed by atoms with Gasteiger partial charge in [-0.25, -0.2) is 0 Å². The third-order valence-electron chi connectivity index (χ3n) is 3.15. The van der Waals surface area contributed by atoms with Crippen molar-refractivity contribution in [1.82, 2.24) is 0 Å². The van der Waals surface area contributed by atoms with Gasteiger partial charge in [-0.1, -0.05) is 52.8 Å². The highest BCUT2D eigenvalue weighted by molar-refractivity contribution is 8.00. The molecule has 3 heteroatoms. The highest BCUT2D eigenvalue weighted by atomic mass is 32.2. The van der Waals surface area contributed by atoms with Crippen LogP contribution in [0.25, 0.3) is 0 Å².